The Morgan fingerprint density at radius 2 is 1.86 bits per heavy atom. The monoisotopic (exact) mass is 389 g/mol. The summed E-state index contributed by atoms with van der Waals surface area (Å²) in [5.41, 5.74) is 0.0673. The second-order valence-corrected chi connectivity index (χ2v) is 5.67. The Labute approximate surface area is 158 Å². The van der Waals surface area contributed by atoms with Crippen LogP contribution in [0.25, 0.3) is 0 Å². The summed E-state index contributed by atoms with van der Waals surface area (Å²) in [5.74, 6) is -2.67. The number of rotatable bonds is 7. The van der Waals surface area contributed by atoms with Crippen molar-refractivity contribution in [2.75, 3.05) is 11.9 Å². The molecule has 2 amide bonds. The van der Waals surface area contributed by atoms with Gasteiger partial charge in [-0.05, 0) is 37.3 Å². The van der Waals surface area contributed by atoms with E-state index >= 15 is 0 Å². The van der Waals surface area contributed by atoms with Crippen LogP contribution in [0.3, 0.4) is 0 Å². The second-order valence-electron chi connectivity index (χ2n) is 5.67. The van der Waals surface area contributed by atoms with Crippen LogP contribution < -0.4 is 10.6 Å². The number of nitrogens with one attached hydrogen (secondary N) is 2. The van der Waals surface area contributed by atoms with Gasteiger partial charge in [0.1, 0.15) is 11.9 Å². The highest BCUT2D eigenvalue weighted by Crippen LogP contribution is 2.13. The second kappa shape index (κ2) is 9.21. The molecule has 2 rings (SSSR count). The number of carbonyl (C=O) groups excluding carboxylic acids is 3. The quantitative estimate of drug-likeness (QED) is 0.424. The zero-order chi connectivity index (χ0) is 20.7. The van der Waals surface area contributed by atoms with E-state index in [0.29, 0.717) is 5.69 Å². The van der Waals surface area contributed by atoms with Gasteiger partial charge >= 0.3 is 5.97 Å². The number of carbonyl (C=O) groups is 3. The van der Waals surface area contributed by atoms with Crippen LogP contribution in [0.4, 0.5) is 15.8 Å². The first-order valence-corrected chi connectivity index (χ1v) is 8.03. The fraction of sp³-hybridized carbons (Fsp3) is 0.167. The van der Waals surface area contributed by atoms with Gasteiger partial charge in [-0.25, -0.2) is 9.18 Å². The molecule has 0 radical (unpaired) electrons. The first-order chi connectivity index (χ1) is 13.3. The van der Waals surface area contributed by atoms with Gasteiger partial charge in [0.25, 0.3) is 17.5 Å². The van der Waals surface area contributed by atoms with Crippen LogP contribution in [0, 0.1) is 15.9 Å². The van der Waals surface area contributed by atoms with E-state index in [1.807, 2.05) is 0 Å². The summed E-state index contributed by atoms with van der Waals surface area (Å²) in [6.45, 7) is 0.739. The van der Waals surface area contributed by atoms with Gasteiger partial charge < -0.3 is 15.4 Å². The number of ether oxygens (including phenoxy) is 1. The van der Waals surface area contributed by atoms with Crippen molar-refractivity contribution >= 4 is 29.2 Å². The van der Waals surface area contributed by atoms with Crippen LogP contribution in [0.5, 0.6) is 0 Å². The highest BCUT2D eigenvalue weighted by Gasteiger charge is 2.20. The van der Waals surface area contributed by atoms with E-state index < -0.39 is 41.2 Å². The molecule has 0 spiro atoms. The molecule has 0 aromatic heterocycles. The fourth-order valence-corrected chi connectivity index (χ4v) is 2.09. The van der Waals surface area contributed by atoms with Crippen molar-refractivity contribution in [3.8, 4) is 0 Å². The third-order valence-electron chi connectivity index (χ3n) is 3.49. The zero-order valence-electron chi connectivity index (χ0n) is 14.7. The van der Waals surface area contributed by atoms with Crippen molar-refractivity contribution in [2.24, 2.45) is 0 Å². The Morgan fingerprint density at radius 1 is 1.18 bits per heavy atom. The molecule has 0 fully saturated rings. The Morgan fingerprint density at radius 3 is 2.50 bits per heavy atom. The molecule has 0 aliphatic heterocycles. The van der Waals surface area contributed by atoms with E-state index in [9.17, 15) is 28.9 Å². The van der Waals surface area contributed by atoms with Crippen LogP contribution in [-0.4, -0.2) is 35.4 Å². The van der Waals surface area contributed by atoms with Gasteiger partial charge in [0.05, 0.1) is 4.92 Å². The van der Waals surface area contributed by atoms with Gasteiger partial charge in [-0.2, -0.15) is 0 Å². The molecule has 0 aliphatic rings. The lowest BCUT2D eigenvalue weighted by molar-refractivity contribution is -0.384. The molecule has 1 atom stereocenters. The maximum Gasteiger partial charge on any atom is 0.328 e. The third kappa shape index (κ3) is 5.87. The van der Waals surface area contributed by atoms with Gasteiger partial charge in [0.2, 0.25) is 0 Å². The number of nitro groups is 1. The van der Waals surface area contributed by atoms with Gasteiger partial charge in [0.15, 0.2) is 6.61 Å². The van der Waals surface area contributed by atoms with Crippen molar-refractivity contribution in [2.45, 2.75) is 13.0 Å². The predicted octanol–water partition coefficient (Wildman–Crippen LogP) is 2.03. The molecule has 0 saturated heterocycles. The molecule has 146 valence electrons. The summed E-state index contributed by atoms with van der Waals surface area (Å²) in [6.07, 6.45) is 0. The van der Waals surface area contributed by atoms with Crippen LogP contribution in [0.15, 0.2) is 48.5 Å². The van der Waals surface area contributed by atoms with Crippen molar-refractivity contribution in [1.29, 1.82) is 0 Å². The van der Waals surface area contributed by atoms with Gasteiger partial charge in [-0.1, -0.05) is 6.07 Å². The molecular formula is C18H16FN3O6. The molecule has 0 saturated carbocycles. The molecule has 28 heavy (non-hydrogen) atoms. The molecule has 2 aromatic carbocycles. The minimum absolute atomic E-state index is 0.00269. The number of halogens is 1. The van der Waals surface area contributed by atoms with Crippen LogP contribution in [-0.2, 0) is 14.3 Å². The lowest BCUT2D eigenvalue weighted by Crippen LogP contribution is -2.40. The van der Waals surface area contributed by atoms with Crippen LogP contribution in [0.2, 0.25) is 0 Å². The van der Waals surface area contributed by atoms with Gasteiger partial charge in [0, 0.05) is 23.4 Å². The topological polar surface area (TPSA) is 128 Å². The summed E-state index contributed by atoms with van der Waals surface area (Å²) >= 11 is 0. The summed E-state index contributed by atoms with van der Waals surface area (Å²) < 4.78 is 17.6. The van der Waals surface area contributed by atoms with E-state index in [4.69, 9.17) is 4.74 Å². The standard InChI is InChI=1S/C18H16FN3O6/c1-11(20-17(24)12-3-2-4-15(9-12)22(26)27)18(25)28-10-16(23)21-14-7-5-13(19)6-8-14/h2-9,11H,10H2,1H3,(H,20,24)(H,21,23)/t11-/m0/s1. The first kappa shape index (κ1) is 20.5. The minimum Gasteiger partial charge on any atom is -0.454 e. The summed E-state index contributed by atoms with van der Waals surface area (Å²) in [7, 11) is 0. The number of benzene rings is 2. The highest BCUT2D eigenvalue weighted by molar-refractivity contribution is 5.97. The summed E-state index contributed by atoms with van der Waals surface area (Å²) in [5, 5.41) is 15.5. The molecule has 10 heteroatoms. The molecule has 2 aromatic rings. The van der Waals surface area contributed by atoms with E-state index in [-0.39, 0.29) is 11.3 Å². The summed E-state index contributed by atoms with van der Waals surface area (Å²) in [6, 6.07) is 8.92. The van der Waals surface area contributed by atoms with Gasteiger partial charge in [-0.15, -0.1) is 0 Å². The normalized spacial score (nSPS) is 11.2. The molecule has 0 heterocycles. The van der Waals surface area contributed by atoms with Gasteiger partial charge in [-0.3, -0.25) is 19.7 Å². The Hall–Kier alpha value is -3.82. The number of hydrogen-bond donors (Lipinski definition) is 2. The maximum absolute atomic E-state index is 12.8. The SMILES string of the molecule is C[C@H](NC(=O)c1cccc([N+](=O)[O-])c1)C(=O)OCC(=O)Nc1ccc(F)cc1. The molecule has 0 aliphatic carbocycles. The minimum atomic E-state index is -1.09. The highest BCUT2D eigenvalue weighted by atomic mass is 19.1. The number of amides is 2. The Bertz CT molecular complexity index is 900. The average molecular weight is 389 g/mol. The first-order valence-electron chi connectivity index (χ1n) is 8.03. The van der Waals surface area contributed by atoms with Crippen molar-refractivity contribution in [1.82, 2.24) is 5.32 Å². The maximum atomic E-state index is 12.8. The molecule has 0 unspecified atom stereocenters. The number of nitro benzene ring substituents is 1. The summed E-state index contributed by atoms with van der Waals surface area (Å²) in [4.78, 5) is 45.8. The molecule has 9 nitrogen and oxygen atoms in total. The van der Waals surface area contributed by atoms with Crippen molar-refractivity contribution < 1.29 is 28.4 Å². The molecular weight excluding hydrogens is 373 g/mol. The Balaban J connectivity index is 1.84. The number of hydrogen-bond acceptors (Lipinski definition) is 6. The average Bonchev–Trinajstić information content (AvgIpc) is 2.67. The smallest absolute Gasteiger partial charge is 0.328 e. The zero-order valence-corrected chi connectivity index (χ0v) is 14.7. The fourth-order valence-electron chi connectivity index (χ4n) is 2.09. The number of nitrogens with zero attached hydrogens (tertiary/aromatic N) is 1. The lowest BCUT2D eigenvalue weighted by atomic mass is 10.2. The van der Waals surface area contributed by atoms with E-state index in [0.717, 1.165) is 18.2 Å². The van der Waals surface area contributed by atoms with Crippen molar-refractivity contribution in [3.63, 3.8) is 0 Å². The van der Waals surface area contributed by atoms with E-state index in [1.54, 1.807) is 0 Å². The molecule has 0 bridgehead atoms. The van der Waals surface area contributed by atoms with Crippen molar-refractivity contribution in [3.05, 3.63) is 70.0 Å². The number of esters is 1. The van der Waals surface area contributed by atoms with E-state index in [2.05, 4.69) is 10.6 Å². The largest absolute Gasteiger partial charge is 0.454 e. The number of non-ortho nitro benzene ring substituents is 1. The van der Waals surface area contributed by atoms with Crippen LogP contribution >= 0.6 is 0 Å². The lowest BCUT2D eigenvalue weighted by Gasteiger charge is -2.13. The van der Waals surface area contributed by atoms with E-state index in [1.165, 1.54) is 37.3 Å². The van der Waals surface area contributed by atoms with Crippen LogP contribution in [0.1, 0.15) is 17.3 Å². The molecule has 2 N–H and O–H groups in total. The predicted molar refractivity (Wildman–Crippen MR) is 96.0 cm³/mol. The third-order valence-corrected chi connectivity index (χ3v) is 3.49. The Kier molecular flexibility index (Phi) is 6.74. The number of anilines is 1.